The highest BCUT2D eigenvalue weighted by atomic mass is 16.5. The van der Waals surface area contributed by atoms with Crippen molar-refractivity contribution in [3.8, 4) is 12.1 Å². The van der Waals surface area contributed by atoms with Crippen LogP contribution in [0.4, 0.5) is 0 Å². The van der Waals surface area contributed by atoms with Gasteiger partial charge in [-0.1, -0.05) is 30.4 Å². The van der Waals surface area contributed by atoms with Crippen molar-refractivity contribution >= 4 is 0 Å². The van der Waals surface area contributed by atoms with E-state index in [0.717, 1.165) is 24.2 Å². The van der Waals surface area contributed by atoms with Gasteiger partial charge in [0, 0.05) is 18.3 Å². The second kappa shape index (κ2) is 4.69. The zero-order chi connectivity index (χ0) is 14.2. The van der Waals surface area contributed by atoms with Crippen molar-refractivity contribution in [2.75, 3.05) is 7.11 Å². The second-order valence-corrected chi connectivity index (χ2v) is 5.51. The fourth-order valence-corrected chi connectivity index (χ4v) is 3.80. The van der Waals surface area contributed by atoms with Crippen LogP contribution in [0.2, 0.25) is 0 Å². The lowest BCUT2D eigenvalue weighted by Gasteiger charge is -2.29. The molecule has 0 aromatic heterocycles. The minimum absolute atomic E-state index is 0.0754. The van der Waals surface area contributed by atoms with E-state index in [2.05, 4.69) is 18.2 Å². The number of allylic oxidation sites excluding steroid dienone is 8. The van der Waals surface area contributed by atoms with Crippen LogP contribution in [-0.4, -0.2) is 7.11 Å². The number of rotatable bonds is 1. The highest BCUT2D eigenvalue weighted by Gasteiger charge is 2.57. The van der Waals surface area contributed by atoms with Crippen LogP contribution in [0.5, 0.6) is 0 Å². The molecule has 3 nitrogen and oxygen atoms in total. The first-order chi connectivity index (χ1) is 9.76. The van der Waals surface area contributed by atoms with Gasteiger partial charge in [-0.3, -0.25) is 0 Å². The fourth-order valence-electron chi connectivity index (χ4n) is 3.80. The van der Waals surface area contributed by atoms with Crippen molar-refractivity contribution in [1.29, 1.82) is 10.5 Å². The lowest BCUT2D eigenvalue weighted by Crippen LogP contribution is -2.27. The van der Waals surface area contributed by atoms with E-state index in [0.29, 0.717) is 5.92 Å². The largest absolute Gasteiger partial charge is 0.501 e. The van der Waals surface area contributed by atoms with Gasteiger partial charge in [0.05, 0.1) is 25.0 Å². The minimum atomic E-state index is -1.06. The van der Waals surface area contributed by atoms with Crippen molar-refractivity contribution in [2.45, 2.75) is 12.8 Å². The molecule has 3 aliphatic carbocycles. The molecule has 0 spiro atoms. The van der Waals surface area contributed by atoms with Gasteiger partial charge >= 0.3 is 0 Å². The van der Waals surface area contributed by atoms with Gasteiger partial charge in [-0.2, -0.15) is 10.5 Å². The standard InChI is InChI=1S/C17H16N2O/c1-20-12-7-8-14-13-5-3-2-4-6-15(13)17(10-18,11-19)16(14)9-12/h2-6,9,13-14,16H,7-8H2,1H3. The fraction of sp³-hybridized carbons (Fsp3) is 0.412. The van der Waals surface area contributed by atoms with E-state index in [1.807, 2.05) is 30.4 Å². The summed E-state index contributed by atoms with van der Waals surface area (Å²) in [6.07, 6.45) is 13.8. The molecule has 0 aromatic rings. The Kier molecular flexibility index (Phi) is 2.99. The Morgan fingerprint density at radius 2 is 2.05 bits per heavy atom. The lowest BCUT2D eigenvalue weighted by molar-refractivity contribution is 0.221. The van der Waals surface area contributed by atoms with E-state index >= 15 is 0 Å². The van der Waals surface area contributed by atoms with E-state index in [9.17, 15) is 10.5 Å². The predicted octanol–water partition coefficient (Wildman–Crippen LogP) is 3.26. The highest BCUT2D eigenvalue weighted by Crippen LogP contribution is 2.58. The Balaban J connectivity index is 2.18. The molecule has 1 fully saturated rings. The SMILES string of the molecule is COC1=CC2C(CC1)C1C=CC=CC=C1C2(C#N)C#N. The first kappa shape index (κ1) is 12.8. The van der Waals surface area contributed by atoms with Gasteiger partial charge in [0.1, 0.15) is 0 Å². The van der Waals surface area contributed by atoms with Crippen LogP contribution in [0.25, 0.3) is 0 Å². The Bertz CT molecular complexity index is 610. The maximum absolute atomic E-state index is 9.71. The van der Waals surface area contributed by atoms with E-state index in [1.54, 1.807) is 7.11 Å². The molecular formula is C17H16N2O. The van der Waals surface area contributed by atoms with Crippen LogP contribution < -0.4 is 0 Å². The maximum Gasteiger partial charge on any atom is 0.172 e. The molecule has 0 N–H and O–H groups in total. The molecule has 0 radical (unpaired) electrons. The molecule has 0 saturated heterocycles. The molecule has 3 rings (SSSR count). The quantitative estimate of drug-likeness (QED) is 0.730. The molecule has 3 unspecified atom stereocenters. The van der Waals surface area contributed by atoms with Gasteiger partial charge in [-0.15, -0.1) is 0 Å². The maximum atomic E-state index is 9.71. The van der Waals surface area contributed by atoms with Crippen LogP contribution in [-0.2, 0) is 4.74 Å². The summed E-state index contributed by atoms with van der Waals surface area (Å²) in [5, 5.41) is 19.4. The number of ether oxygens (including phenoxy) is 1. The van der Waals surface area contributed by atoms with E-state index < -0.39 is 5.41 Å². The van der Waals surface area contributed by atoms with Crippen molar-refractivity contribution in [3.05, 3.63) is 47.8 Å². The summed E-state index contributed by atoms with van der Waals surface area (Å²) < 4.78 is 5.35. The van der Waals surface area contributed by atoms with Gasteiger partial charge in [0.25, 0.3) is 0 Å². The Hall–Kier alpha value is -2.26. The molecule has 0 aromatic carbocycles. The third-order valence-corrected chi connectivity index (χ3v) is 4.76. The Labute approximate surface area is 119 Å². The summed E-state index contributed by atoms with van der Waals surface area (Å²) in [5.41, 5.74) is -0.116. The smallest absolute Gasteiger partial charge is 0.172 e. The summed E-state index contributed by atoms with van der Waals surface area (Å²) in [5.74, 6) is 1.32. The zero-order valence-electron chi connectivity index (χ0n) is 11.4. The molecule has 1 saturated carbocycles. The van der Waals surface area contributed by atoms with Crippen LogP contribution in [0.3, 0.4) is 0 Å². The number of nitrogens with zero attached hydrogens (tertiary/aromatic N) is 2. The molecule has 20 heavy (non-hydrogen) atoms. The number of fused-ring (bicyclic) bond motifs is 3. The van der Waals surface area contributed by atoms with E-state index in [-0.39, 0.29) is 11.8 Å². The van der Waals surface area contributed by atoms with Gasteiger partial charge in [-0.25, -0.2) is 0 Å². The summed E-state index contributed by atoms with van der Waals surface area (Å²) in [7, 11) is 1.65. The van der Waals surface area contributed by atoms with Gasteiger partial charge in [0.2, 0.25) is 0 Å². The molecule has 3 aliphatic rings. The average Bonchev–Trinajstić information content (AvgIpc) is 2.64. The van der Waals surface area contributed by atoms with Crippen molar-refractivity contribution < 1.29 is 4.74 Å². The zero-order valence-corrected chi connectivity index (χ0v) is 11.4. The highest BCUT2D eigenvalue weighted by molar-refractivity contribution is 5.48. The molecule has 100 valence electrons. The van der Waals surface area contributed by atoms with Crippen molar-refractivity contribution in [2.24, 2.45) is 23.2 Å². The van der Waals surface area contributed by atoms with Crippen molar-refractivity contribution in [1.82, 2.24) is 0 Å². The van der Waals surface area contributed by atoms with Crippen molar-refractivity contribution in [3.63, 3.8) is 0 Å². The molecule has 0 amide bonds. The third kappa shape index (κ3) is 1.57. The molecule has 0 bridgehead atoms. The normalized spacial score (nSPS) is 32.9. The van der Waals surface area contributed by atoms with Gasteiger partial charge in [0.15, 0.2) is 5.41 Å². The van der Waals surface area contributed by atoms with E-state index in [4.69, 9.17) is 4.74 Å². The van der Waals surface area contributed by atoms with Crippen LogP contribution in [0.15, 0.2) is 47.8 Å². The van der Waals surface area contributed by atoms with Crippen LogP contribution in [0, 0.1) is 45.8 Å². The van der Waals surface area contributed by atoms with E-state index in [1.165, 1.54) is 0 Å². The van der Waals surface area contributed by atoms with Gasteiger partial charge < -0.3 is 4.74 Å². The molecule has 3 atom stereocenters. The van der Waals surface area contributed by atoms with Crippen LogP contribution >= 0.6 is 0 Å². The lowest BCUT2D eigenvalue weighted by atomic mass is 9.72. The predicted molar refractivity (Wildman–Crippen MR) is 74.8 cm³/mol. The number of hydrogen-bond acceptors (Lipinski definition) is 3. The second-order valence-electron chi connectivity index (χ2n) is 5.51. The van der Waals surface area contributed by atoms with Gasteiger partial charge in [-0.05, 0) is 24.0 Å². The number of nitriles is 2. The average molecular weight is 264 g/mol. The number of hydrogen-bond donors (Lipinski definition) is 0. The molecule has 0 aliphatic heterocycles. The Morgan fingerprint density at radius 1 is 1.25 bits per heavy atom. The minimum Gasteiger partial charge on any atom is -0.501 e. The third-order valence-electron chi connectivity index (χ3n) is 4.76. The monoisotopic (exact) mass is 264 g/mol. The summed E-state index contributed by atoms with van der Waals surface area (Å²) in [6.45, 7) is 0. The Morgan fingerprint density at radius 3 is 2.75 bits per heavy atom. The molecule has 0 heterocycles. The summed E-state index contributed by atoms with van der Waals surface area (Å²) in [4.78, 5) is 0. The first-order valence-electron chi connectivity index (χ1n) is 6.89. The summed E-state index contributed by atoms with van der Waals surface area (Å²) in [6, 6.07) is 4.60. The topological polar surface area (TPSA) is 56.8 Å². The van der Waals surface area contributed by atoms with Crippen LogP contribution in [0.1, 0.15) is 12.8 Å². The first-order valence-corrected chi connectivity index (χ1v) is 6.89. The molecule has 3 heteroatoms. The summed E-state index contributed by atoms with van der Waals surface area (Å²) >= 11 is 0. The molecular weight excluding hydrogens is 248 g/mol. The number of methoxy groups -OCH3 is 1.